The van der Waals surface area contributed by atoms with E-state index >= 15 is 0 Å². The van der Waals surface area contributed by atoms with Gasteiger partial charge in [0.15, 0.2) is 0 Å². The van der Waals surface area contributed by atoms with E-state index in [-0.39, 0.29) is 11.3 Å². The van der Waals surface area contributed by atoms with Crippen molar-refractivity contribution in [3.05, 3.63) is 93.5 Å². The largest absolute Gasteiger partial charge is 0.507 e. The minimum Gasteiger partial charge on any atom is -0.507 e. The van der Waals surface area contributed by atoms with Gasteiger partial charge >= 0.3 is 0 Å². The van der Waals surface area contributed by atoms with Gasteiger partial charge in [0.2, 0.25) is 0 Å². The van der Waals surface area contributed by atoms with Crippen molar-refractivity contribution in [1.82, 2.24) is 0 Å². The first kappa shape index (κ1) is 23.0. The molecule has 1 N–H and O–H groups in total. The monoisotopic (exact) mass is 489 g/mol. The smallest absolute Gasteiger partial charge is 0.300 e. The van der Waals surface area contributed by atoms with Gasteiger partial charge in [-0.05, 0) is 67.3 Å². The first-order valence-corrected chi connectivity index (χ1v) is 11.7. The van der Waals surface area contributed by atoms with Gasteiger partial charge in [0, 0.05) is 11.3 Å². The number of aryl methyl sites for hydroxylation is 2. The van der Waals surface area contributed by atoms with Crippen LogP contribution >= 0.6 is 11.6 Å². The van der Waals surface area contributed by atoms with Crippen molar-refractivity contribution in [2.24, 2.45) is 0 Å². The molecule has 2 aliphatic rings. The molecule has 3 aromatic rings. The molecule has 0 radical (unpaired) electrons. The number of carbonyl (C=O) groups is 2. The van der Waals surface area contributed by atoms with Gasteiger partial charge in [0.05, 0.1) is 30.4 Å². The molecule has 7 heteroatoms. The molecule has 2 heterocycles. The molecule has 0 aliphatic carbocycles. The minimum absolute atomic E-state index is 0.0317. The summed E-state index contributed by atoms with van der Waals surface area (Å²) in [7, 11) is 1.50. The summed E-state index contributed by atoms with van der Waals surface area (Å²) >= 11 is 6.35. The number of fused-ring (bicyclic) bond motifs is 1. The highest BCUT2D eigenvalue weighted by Gasteiger charge is 2.47. The molecule has 6 nitrogen and oxygen atoms in total. The lowest BCUT2D eigenvalue weighted by atomic mass is 9.93. The second-order valence-corrected chi connectivity index (χ2v) is 9.08. The van der Waals surface area contributed by atoms with Crippen LogP contribution in [0, 0.1) is 6.92 Å². The lowest BCUT2D eigenvalue weighted by Gasteiger charge is -2.26. The van der Waals surface area contributed by atoms with Crippen molar-refractivity contribution in [2.75, 3.05) is 18.6 Å². The Balaban J connectivity index is 1.69. The Hall–Kier alpha value is -3.77. The number of carbonyl (C=O) groups excluding carboxylic acids is 2. The highest BCUT2D eigenvalue weighted by molar-refractivity contribution is 6.51. The zero-order valence-electron chi connectivity index (χ0n) is 19.4. The lowest BCUT2D eigenvalue weighted by molar-refractivity contribution is -0.132. The number of Topliss-reactive ketones (excluding diaryl/α,β-unsaturated/α-hetero) is 1. The third-order valence-corrected chi connectivity index (χ3v) is 6.69. The standard InChI is InChI=1S/C28H24ClNO5/c1-16-5-3-6-18(13-16)25-24(26(31)19-8-10-22-17(14-19)7-4-12-35-22)27(32)28(33)30(25)20-9-11-23(34-2)21(29)15-20/h3,5-6,8-11,13-15,25,31H,4,7,12H2,1-2H3/b26-24-. The van der Waals surface area contributed by atoms with E-state index in [1.165, 1.54) is 12.0 Å². The molecule has 3 aromatic carbocycles. The molecule has 178 valence electrons. The van der Waals surface area contributed by atoms with Crippen molar-refractivity contribution in [3.8, 4) is 11.5 Å². The normalized spacial score (nSPS) is 18.8. The number of ether oxygens (including phenoxy) is 2. The zero-order valence-corrected chi connectivity index (χ0v) is 20.1. The summed E-state index contributed by atoms with van der Waals surface area (Å²) in [5.41, 5.74) is 3.57. The molecule has 0 spiro atoms. The van der Waals surface area contributed by atoms with Gasteiger partial charge < -0.3 is 14.6 Å². The van der Waals surface area contributed by atoms with Crippen LogP contribution in [0.2, 0.25) is 5.02 Å². The number of anilines is 1. The Morgan fingerprint density at radius 1 is 1.11 bits per heavy atom. The summed E-state index contributed by atoms with van der Waals surface area (Å²) in [5, 5.41) is 11.7. The molecule has 1 fully saturated rings. The molecule has 1 unspecified atom stereocenters. The van der Waals surface area contributed by atoms with E-state index in [1.54, 1.807) is 30.3 Å². The Labute approximate surface area is 208 Å². The van der Waals surface area contributed by atoms with Gasteiger partial charge in [-0.3, -0.25) is 14.5 Å². The van der Waals surface area contributed by atoms with Gasteiger partial charge in [-0.1, -0.05) is 41.4 Å². The van der Waals surface area contributed by atoms with Gasteiger partial charge in [-0.25, -0.2) is 0 Å². The van der Waals surface area contributed by atoms with Gasteiger partial charge in [0.1, 0.15) is 17.3 Å². The number of hydrogen-bond acceptors (Lipinski definition) is 5. The first-order chi connectivity index (χ1) is 16.9. The van der Waals surface area contributed by atoms with Crippen LogP contribution in [-0.2, 0) is 16.0 Å². The number of rotatable bonds is 4. The maximum atomic E-state index is 13.4. The van der Waals surface area contributed by atoms with Gasteiger partial charge in [-0.15, -0.1) is 0 Å². The Morgan fingerprint density at radius 2 is 1.94 bits per heavy atom. The average molecular weight is 490 g/mol. The lowest BCUT2D eigenvalue weighted by Crippen LogP contribution is -2.29. The quantitative estimate of drug-likeness (QED) is 0.293. The summed E-state index contributed by atoms with van der Waals surface area (Å²) in [4.78, 5) is 28.1. The number of aliphatic hydroxyl groups excluding tert-OH is 1. The van der Waals surface area contributed by atoms with Gasteiger partial charge in [-0.2, -0.15) is 0 Å². The number of amides is 1. The Morgan fingerprint density at radius 3 is 2.69 bits per heavy atom. The topological polar surface area (TPSA) is 76.1 Å². The second-order valence-electron chi connectivity index (χ2n) is 8.68. The predicted octanol–water partition coefficient (Wildman–Crippen LogP) is 5.61. The number of benzene rings is 3. The second kappa shape index (κ2) is 9.12. The zero-order chi connectivity index (χ0) is 24.7. The van der Waals surface area contributed by atoms with E-state index in [4.69, 9.17) is 21.1 Å². The van der Waals surface area contributed by atoms with Crippen molar-refractivity contribution in [1.29, 1.82) is 0 Å². The predicted molar refractivity (Wildman–Crippen MR) is 134 cm³/mol. The van der Waals surface area contributed by atoms with Crippen LogP contribution in [0.1, 0.15) is 34.7 Å². The van der Waals surface area contributed by atoms with Crippen molar-refractivity contribution in [2.45, 2.75) is 25.8 Å². The number of aliphatic hydroxyl groups is 1. The molecule has 1 atom stereocenters. The number of nitrogens with zero attached hydrogens (tertiary/aromatic N) is 1. The fourth-order valence-electron chi connectivity index (χ4n) is 4.72. The molecule has 1 saturated heterocycles. The minimum atomic E-state index is -0.827. The molecular weight excluding hydrogens is 466 g/mol. The van der Waals surface area contributed by atoms with Crippen LogP contribution in [0.4, 0.5) is 5.69 Å². The van der Waals surface area contributed by atoms with Crippen LogP contribution in [-0.4, -0.2) is 30.5 Å². The van der Waals surface area contributed by atoms with E-state index in [0.717, 1.165) is 29.7 Å². The highest BCUT2D eigenvalue weighted by Crippen LogP contribution is 2.44. The molecule has 2 aliphatic heterocycles. The fraction of sp³-hybridized carbons (Fsp3) is 0.214. The summed E-state index contributed by atoms with van der Waals surface area (Å²) in [6.45, 7) is 2.59. The Bertz CT molecular complexity index is 1380. The highest BCUT2D eigenvalue weighted by atomic mass is 35.5. The fourth-order valence-corrected chi connectivity index (χ4v) is 4.97. The molecular formula is C28H24ClNO5. The molecule has 0 aromatic heterocycles. The molecule has 5 rings (SSSR count). The number of methoxy groups -OCH3 is 1. The maximum absolute atomic E-state index is 13.4. The van der Waals surface area contributed by atoms with E-state index < -0.39 is 17.7 Å². The summed E-state index contributed by atoms with van der Waals surface area (Å²) in [5.74, 6) is -0.479. The van der Waals surface area contributed by atoms with Gasteiger partial charge in [0.25, 0.3) is 11.7 Å². The van der Waals surface area contributed by atoms with Crippen molar-refractivity contribution >= 4 is 34.7 Å². The third-order valence-electron chi connectivity index (χ3n) is 6.40. The van der Waals surface area contributed by atoms with Crippen LogP contribution < -0.4 is 14.4 Å². The van der Waals surface area contributed by atoms with E-state index in [1.807, 2.05) is 37.3 Å². The van der Waals surface area contributed by atoms with Crippen molar-refractivity contribution < 1.29 is 24.2 Å². The van der Waals surface area contributed by atoms with E-state index in [9.17, 15) is 14.7 Å². The summed E-state index contributed by atoms with van der Waals surface area (Å²) < 4.78 is 10.9. The third kappa shape index (κ3) is 4.04. The van der Waals surface area contributed by atoms with E-state index in [2.05, 4.69) is 0 Å². The first-order valence-electron chi connectivity index (χ1n) is 11.4. The number of halogens is 1. The Kier molecular flexibility index (Phi) is 5.99. The summed E-state index contributed by atoms with van der Waals surface area (Å²) in [6, 6.07) is 17.0. The van der Waals surface area contributed by atoms with Crippen LogP contribution in [0.5, 0.6) is 11.5 Å². The SMILES string of the molecule is COc1ccc(N2C(=O)C(=O)/C(=C(\O)c3ccc4c(c3)CCCO4)C2c2cccc(C)c2)cc1Cl. The van der Waals surface area contributed by atoms with Crippen LogP contribution in [0.15, 0.2) is 66.2 Å². The van der Waals surface area contributed by atoms with Crippen molar-refractivity contribution in [3.63, 3.8) is 0 Å². The molecule has 35 heavy (non-hydrogen) atoms. The number of hydrogen-bond donors (Lipinski definition) is 1. The van der Waals surface area contributed by atoms with Crippen LogP contribution in [0.25, 0.3) is 5.76 Å². The molecule has 0 saturated carbocycles. The maximum Gasteiger partial charge on any atom is 0.300 e. The van der Waals surface area contributed by atoms with E-state index in [0.29, 0.717) is 34.2 Å². The number of ketones is 1. The molecule has 0 bridgehead atoms. The average Bonchev–Trinajstić information content (AvgIpc) is 3.13. The molecule has 1 amide bonds. The van der Waals surface area contributed by atoms with Crippen LogP contribution in [0.3, 0.4) is 0 Å². The summed E-state index contributed by atoms with van der Waals surface area (Å²) in [6.07, 6.45) is 1.69.